The maximum Gasteiger partial charge on any atom is 0.115 e. The monoisotopic (exact) mass is 466 g/mol. The number of likely N-dealkylation sites (tertiary alicyclic amines) is 2. The summed E-state index contributed by atoms with van der Waals surface area (Å²) in [5.41, 5.74) is 7.01. The fourth-order valence-electron chi connectivity index (χ4n) is 5.91. The molecule has 0 spiro atoms. The van der Waals surface area contributed by atoms with Crippen LogP contribution in [-0.2, 0) is 0 Å². The van der Waals surface area contributed by atoms with E-state index >= 15 is 0 Å². The Morgan fingerprint density at radius 1 is 0.743 bits per heavy atom. The molecule has 1 N–H and O–H groups in total. The minimum absolute atomic E-state index is 0.390. The van der Waals surface area contributed by atoms with E-state index in [1.807, 2.05) is 12.1 Å². The summed E-state index contributed by atoms with van der Waals surface area (Å²) in [5.74, 6) is 0.939. The highest BCUT2D eigenvalue weighted by molar-refractivity contribution is 5.82. The van der Waals surface area contributed by atoms with Crippen LogP contribution in [0.25, 0.3) is 5.57 Å². The van der Waals surface area contributed by atoms with E-state index in [0.29, 0.717) is 11.7 Å². The van der Waals surface area contributed by atoms with Crippen molar-refractivity contribution in [3.8, 4) is 5.75 Å². The molecule has 0 aromatic heterocycles. The van der Waals surface area contributed by atoms with Gasteiger partial charge >= 0.3 is 0 Å². The zero-order chi connectivity index (χ0) is 23.9. The second-order valence-corrected chi connectivity index (χ2v) is 10.1. The summed E-state index contributed by atoms with van der Waals surface area (Å²) in [6.07, 6.45) is 6.02. The third-order valence-corrected chi connectivity index (χ3v) is 7.73. The van der Waals surface area contributed by atoms with Crippen molar-refractivity contribution in [2.75, 3.05) is 39.3 Å². The van der Waals surface area contributed by atoms with Crippen LogP contribution in [-0.4, -0.2) is 54.2 Å². The van der Waals surface area contributed by atoms with Crippen molar-refractivity contribution in [3.05, 3.63) is 107 Å². The summed E-state index contributed by atoms with van der Waals surface area (Å²) in [7, 11) is 0. The zero-order valence-corrected chi connectivity index (χ0v) is 20.8. The van der Waals surface area contributed by atoms with Gasteiger partial charge in [-0.3, -0.25) is 0 Å². The molecule has 3 aromatic rings. The number of phenolic OH excluding ortho intramolecular Hbond substituents is 1. The Hall–Kier alpha value is -2.88. The first kappa shape index (κ1) is 23.8. The standard InChI is InChI=1S/C32H38N2O/c35-31-16-7-14-29(24-31)30-15-8-19-34(25-30)21-9-20-33-22-17-28(18-23-33)32(26-10-3-1-4-11-26)27-12-5-2-6-13-27/h1-7,10-14,16,24,30,35H,8-9,15,17-23,25H2. The summed E-state index contributed by atoms with van der Waals surface area (Å²) in [6, 6.07) is 29.7. The van der Waals surface area contributed by atoms with Gasteiger partial charge < -0.3 is 14.9 Å². The molecule has 0 aliphatic carbocycles. The van der Waals surface area contributed by atoms with Crippen LogP contribution in [0.1, 0.15) is 54.7 Å². The molecule has 2 aliphatic rings. The van der Waals surface area contributed by atoms with Crippen LogP contribution in [0.5, 0.6) is 5.75 Å². The molecule has 2 aliphatic heterocycles. The molecular formula is C32H38N2O. The number of piperidine rings is 2. The molecule has 0 bridgehead atoms. The van der Waals surface area contributed by atoms with E-state index in [4.69, 9.17) is 0 Å². The van der Waals surface area contributed by atoms with Crippen LogP contribution in [0.3, 0.4) is 0 Å². The Bertz CT molecular complexity index is 1060. The van der Waals surface area contributed by atoms with Gasteiger partial charge in [-0.25, -0.2) is 0 Å². The lowest BCUT2D eigenvalue weighted by Crippen LogP contribution is -2.37. The fourth-order valence-corrected chi connectivity index (χ4v) is 5.91. The van der Waals surface area contributed by atoms with Crippen molar-refractivity contribution >= 4 is 5.57 Å². The Kier molecular flexibility index (Phi) is 7.97. The summed E-state index contributed by atoms with van der Waals surface area (Å²) in [4.78, 5) is 5.30. The van der Waals surface area contributed by atoms with Crippen LogP contribution in [0, 0.1) is 0 Å². The maximum absolute atomic E-state index is 9.86. The normalized spacial score (nSPS) is 19.5. The van der Waals surface area contributed by atoms with Crippen LogP contribution in [0.15, 0.2) is 90.5 Å². The molecule has 0 saturated carbocycles. The average Bonchev–Trinajstić information content (AvgIpc) is 2.91. The molecule has 2 fully saturated rings. The van der Waals surface area contributed by atoms with Gasteiger partial charge in [0.2, 0.25) is 0 Å². The fraction of sp³-hybridized carbons (Fsp3) is 0.375. The highest BCUT2D eigenvalue weighted by Crippen LogP contribution is 2.32. The largest absolute Gasteiger partial charge is 0.508 e. The minimum atomic E-state index is 0.390. The van der Waals surface area contributed by atoms with Crippen molar-refractivity contribution in [1.29, 1.82) is 0 Å². The van der Waals surface area contributed by atoms with Crippen molar-refractivity contribution in [2.45, 2.75) is 38.0 Å². The predicted octanol–water partition coefficient (Wildman–Crippen LogP) is 6.56. The van der Waals surface area contributed by atoms with Crippen LogP contribution in [0.4, 0.5) is 0 Å². The summed E-state index contributed by atoms with van der Waals surface area (Å²) in [6.45, 7) is 7.00. The number of aromatic hydroxyl groups is 1. The SMILES string of the molecule is Oc1cccc(C2CCCN(CCCN3CCC(=C(c4ccccc4)c4ccccc4)CC3)C2)c1. The van der Waals surface area contributed by atoms with Crippen LogP contribution in [0.2, 0.25) is 0 Å². The first-order valence-corrected chi connectivity index (χ1v) is 13.3. The van der Waals surface area contributed by atoms with Crippen molar-refractivity contribution in [3.63, 3.8) is 0 Å². The van der Waals surface area contributed by atoms with E-state index in [1.54, 1.807) is 11.6 Å². The maximum atomic E-state index is 9.86. The number of benzene rings is 3. The molecule has 2 heterocycles. The van der Waals surface area contributed by atoms with Crippen molar-refractivity contribution in [1.82, 2.24) is 9.80 Å². The van der Waals surface area contributed by atoms with E-state index in [9.17, 15) is 5.11 Å². The number of hydrogen-bond acceptors (Lipinski definition) is 3. The smallest absolute Gasteiger partial charge is 0.115 e. The molecule has 1 atom stereocenters. The van der Waals surface area contributed by atoms with E-state index in [0.717, 1.165) is 32.5 Å². The minimum Gasteiger partial charge on any atom is -0.508 e. The summed E-state index contributed by atoms with van der Waals surface area (Å²) < 4.78 is 0. The van der Waals surface area contributed by atoms with Crippen LogP contribution < -0.4 is 0 Å². The van der Waals surface area contributed by atoms with Gasteiger partial charge in [0.15, 0.2) is 0 Å². The van der Waals surface area contributed by atoms with Gasteiger partial charge in [-0.2, -0.15) is 0 Å². The first-order valence-electron chi connectivity index (χ1n) is 13.3. The Morgan fingerprint density at radius 3 is 2.06 bits per heavy atom. The van der Waals surface area contributed by atoms with Gasteiger partial charge in [0, 0.05) is 19.6 Å². The predicted molar refractivity (Wildman–Crippen MR) is 146 cm³/mol. The van der Waals surface area contributed by atoms with E-state index in [2.05, 4.69) is 76.5 Å². The van der Waals surface area contributed by atoms with Gasteiger partial charge in [0.05, 0.1) is 0 Å². The highest BCUT2D eigenvalue weighted by atomic mass is 16.3. The lowest BCUT2D eigenvalue weighted by atomic mass is 9.88. The number of rotatable bonds is 7. The quantitative estimate of drug-likeness (QED) is 0.427. The molecule has 2 saturated heterocycles. The second kappa shape index (κ2) is 11.7. The van der Waals surface area contributed by atoms with Gasteiger partial charge in [-0.05, 0) is 92.1 Å². The van der Waals surface area contributed by atoms with E-state index in [-0.39, 0.29) is 0 Å². The summed E-state index contributed by atoms with van der Waals surface area (Å²) in [5, 5.41) is 9.86. The summed E-state index contributed by atoms with van der Waals surface area (Å²) >= 11 is 0. The molecule has 3 heteroatoms. The topological polar surface area (TPSA) is 26.7 Å². The molecule has 182 valence electrons. The average molecular weight is 467 g/mol. The van der Waals surface area contributed by atoms with Gasteiger partial charge in [0.25, 0.3) is 0 Å². The third kappa shape index (κ3) is 6.22. The molecule has 0 radical (unpaired) electrons. The molecule has 0 amide bonds. The molecule has 3 nitrogen and oxygen atoms in total. The van der Waals surface area contributed by atoms with Gasteiger partial charge in [-0.1, -0.05) is 78.4 Å². The lowest BCUT2D eigenvalue weighted by Gasteiger charge is -2.34. The van der Waals surface area contributed by atoms with E-state index < -0.39 is 0 Å². The molecule has 5 rings (SSSR count). The molecule has 35 heavy (non-hydrogen) atoms. The van der Waals surface area contributed by atoms with Crippen molar-refractivity contribution < 1.29 is 5.11 Å². The number of hydrogen-bond donors (Lipinski definition) is 1. The van der Waals surface area contributed by atoms with Gasteiger partial charge in [-0.15, -0.1) is 0 Å². The highest BCUT2D eigenvalue weighted by Gasteiger charge is 2.22. The molecule has 1 unspecified atom stereocenters. The number of nitrogens with zero attached hydrogens (tertiary/aromatic N) is 2. The first-order chi connectivity index (χ1) is 17.3. The third-order valence-electron chi connectivity index (χ3n) is 7.73. The Labute approximate surface area is 210 Å². The zero-order valence-electron chi connectivity index (χ0n) is 20.8. The molecule has 3 aromatic carbocycles. The lowest BCUT2D eigenvalue weighted by molar-refractivity contribution is 0.185. The Balaban J connectivity index is 1.15. The number of phenols is 1. The van der Waals surface area contributed by atoms with Gasteiger partial charge in [0.1, 0.15) is 5.75 Å². The van der Waals surface area contributed by atoms with Crippen molar-refractivity contribution in [2.24, 2.45) is 0 Å². The van der Waals surface area contributed by atoms with E-state index in [1.165, 1.54) is 61.2 Å². The second-order valence-electron chi connectivity index (χ2n) is 10.1. The molecular weight excluding hydrogens is 428 g/mol. The van der Waals surface area contributed by atoms with Crippen LogP contribution >= 0.6 is 0 Å². The Morgan fingerprint density at radius 2 is 1.40 bits per heavy atom.